The lowest BCUT2D eigenvalue weighted by atomic mass is 9.47. The van der Waals surface area contributed by atoms with Gasteiger partial charge in [-0.15, -0.1) is 0 Å². The Kier molecular flexibility index (Phi) is 2.38. The van der Waals surface area contributed by atoms with Crippen molar-refractivity contribution in [2.24, 2.45) is 23.2 Å². The summed E-state index contributed by atoms with van der Waals surface area (Å²) >= 11 is 0. The largest absolute Gasteiger partial charge is 0.468 e. The highest BCUT2D eigenvalue weighted by molar-refractivity contribution is 5.14. The Labute approximate surface area is 109 Å². The molecule has 1 aromatic heterocycles. The van der Waals surface area contributed by atoms with Gasteiger partial charge in [0.05, 0.1) is 12.3 Å². The van der Waals surface area contributed by atoms with Gasteiger partial charge in [-0.1, -0.05) is 0 Å². The molecule has 2 heteroatoms. The van der Waals surface area contributed by atoms with E-state index in [0.29, 0.717) is 11.5 Å². The predicted octanol–water partition coefficient (Wildman–Crippen LogP) is 3.76. The molecule has 1 unspecified atom stereocenters. The summed E-state index contributed by atoms with van der Waals surface area (Å²) < 4.78 is 5.71. The van der Waals surface area contributed by atoms with E-state index in [0.717, 1.165) is 23.5 Å². The van der Waals surface area contributed by atoms with Crippen LogP contribution in [0.3, 0.4) is 0 Å². The molecule has 0 aliphatic heterocycles. The molecule has 1 heterocycles. The van der Waals surface area contributed by atoms with E-state index < -0.39 is 0 Å². The van der Waals surface area contributed by atoms with Crippen LogP contribution in [0.5, 0.6) is 0 Å². The van der Waals surface area contributed by atoms with Gasteiger partial charge < -0.3 is 9.73 Å². The summed E-state index contributed by atoms with van der Waals surface area (Å²) in [6, 6.07) is 4.61. The second-order valence-electron chi connectivity index (χ2n) is 7.02. The van der Waals surface area contributed by atoms with Gasteiger partial charge in [0.15, 0.2) is 0 Å². The standard InChI is InChI=1S/C16H23NO/c1-17-15(14-3-2-4-18-14)16-8-11-5-12(9-16)7-13(6-11)10-16/h2-4,11-13,15,17H,5-10H2,1H3. The predicted molar refractivity (Wildman–Crippen MR) is 71.1 cm³/mol. The maximum absolute atomic E-state index is 5.71. The van der Waals surface area contributed by atoms with Crippen molar-refractivity contribution < 1.29 is 4.42 Å². The molecule has 0 saturated heterocycles. The summed E-state index contributed by atoms with van der Waals surface area (Å²) in [5.74, 6) is 4.16. The van der Waals surface area contributed by atoms with Crippen LogP contribution >= 0.6 is 0 Å². The van der Waals surface area contributed by atoms with Crippen molar-refractivity contribution in [3.05, 3.63) is 24.2 Å². The van der Waals surface area contributed by atoms with E-state index >= 15 is 0 Å². The molecule has 18 heavy (non-hydrogen) atoms. The van der Waals surface area contributed by atoms with E-state index in [9.17, 15) is 0 Å². The summed E-state index contributed by atoms with van der Waals surface area (Å²) in [5, 5.41) is 3.57. The summed E-state index contributed by atoms with van der Waals surface area (Å²) in [4.78, 5) is 0. The van der Waals surface area contributed by atoms with Gasteiger partial charge in [-0.3, -0.25) is 0 Å². The molecular formula is C16H23NO. The Morgan fingerprint density at radius 1 is 1.17 bits per heavy atom. The molecular weight excluding hydrogens is 222 g/mol. The Morgan fingerprint density at radius 3 is 2.22 bits per heavy atom. The smallest absolute Gasteiger partial charge is 0.121 e. The number of rotatable bonds is 3. The molecule has 98 valence electrons. The molecule has 1 atom stereocenters. The van der Waals surface area contributed by atoms with E-state index in [1.807, 2.05) is 12.3 Å². The molecule has 4 saturated carbocycles. The highest BCUT2D eigenvalue weighted by Crippen LogP contribution is 2.63. The van der Waals surface area contributed by atoms with Crippen molar-refractivity contribution in [2.75, 3.05) is 7.05 Å². The lowest BCUT2D eigenvalue weighted by molar-refractivity contribution is -0.0770. The third-order valence-corrected chi connectivity index (χ3v) is 5.81. The topological polar surface area (TPSA) is 25.2 Å². The highest BCUT2D eigenvalue weighted by atomic mass is 16.3. The van der Waals surface area contributed by atoms with Crippen LogP contribution < -0.4 is 5.32 Å². The summed E-state index contributed by atoms with van der Waals surface area (Å²) in [5.41, 5.74) is 0.487. The normalized spacial score (nSPS) is 43.3. The lowest BCUT2D eigenvalue weighted by Crippen LogP contribution is -2.51. The van der Waals surface area contributed by atoms with E-state index in [4.69, 9.17) is 4.42 Å². The molecule has 1 N–H and O–H groups in total. The summed E-state index contributed by atoms with van der Waals surface area (Å²) in [6.07, 6.45) is 10.6. The zero-order valence-corrected chi connectivity index (χ0v) is 11.2. The third kappa shape index (κ3) is 1.51. The molecule has 4 bridgehead atoms. The fraction of sp³-hybridized carbons (Fsp3) is 0.750. The molecule has 4 fully saturated rings. The Morgan fingerprint density at radius 2 is 1.78 bits per heavy atom. The Balaban J connectivity index is 1.70. The van der Waals surface area contributed by atoms with Crippen molar-refractivity contribution in [1.82, 2.24) is 5.32 Å². The minimum absolute atomic E-state index is 0.431. The molecule has 0 aromatic carbocycles. The van der Waals surface area contributed by atoms with E-state index in [1.54, 1.807) is 0 Å². The molecule has 5 rings (SSSR count). The molecule has 0 amide bonds. The van der Waals surface area contributed by atoms with Gasteiger partial charge in [-0.2, -0.15) is 0 Å². The van der Waals surface area contributed by atoms with Crippen LogP contribution in [-0.2, 0) is 0 Å². The number of furan rings is 1. The average molecular weight is 245 g/mol. The van der Waals surface area contributed by atoms with Gasteiger partial charge in [0.2, 0.25) is 0 Å². The lowest BCUT2D eigenvalue weighted by Gasteiger charge is -2.59. The Bertz CT molecular complexity index is 387. The van der Waals surface area contributed by atoms with Crippen LogP contribution in [-0.4, -0.2) is 7.05 Å². The van der Waals surface area contributed by atoms with Crippen LogP contribution in [0.4, 0.5) is 0 Å². The first-order chi connectivity index (χ1) is 8.79. The fourth-order valence-electron chi connectivity index (χ4n) is 5.74. The average Bonchev–Trinajstić information content (AvgIpc) is 2.81. The second kappa shape index (κ2) is 3.86. The molecule has 4 aliphatic rings. The maximum Gasteiger partial charge on any atom is 0.121 e. The van der Waals surface area contributed by atoms with Gasteiger partial charge in [0.1, 0.15) is 5.76 Å². The SMILES string of the molecule is CNC(c1ccco1)C12CC3CC(CC(C3)C1)C2. The van der Waals surface area contributed by atoms with E-state index in [2.05, 4.69) is 18.4 Å². The first-order valence-electron chi connectivity index (χ1n) is 7.50. The van der Waals surface area contributed by atoms with Gasteiger partial charge in [-0.25, -0.2) is 0 Å². The monoisotopic (exact) mass is 245 g/mol. The molecule has 0 radical (unpaired) electrons. The summed E-state index contributed by atoms with van der Waals surface area (Å²) in [7, 11) is 2.10. The Hall–Kier alpha value is -0.760. The molecule has 0 spiro atoms. The van der Waals surface area contributed by atoms with Crippen LogP contribution in [0.15, 0.2) is 22.8 Å². The minimum Gasteiger partial charge on any atom is -0.468 e. The van der Waals surface area contributed by atoms with E-state index in [-0.39, 0.29) is 0 Å². The third-order valence-electron chi connectivity index (χ3n) is 5.81. The number of hydrogen-bond acceptors (Lipinski definition) is 2. The maximum atomic E-state index is 5.71. The van der Waals surface area contributed by atoms with Crippen molar-refractivity contribution >= 4 is 0 Å². The van der Waals surface area contributed by atoms with Crippen molar-refractivity contribution in [2.45, 2.75) is 44.6 Å². The molecule has 2 nitrogen and oxygen atoms in total. The van der Waals surface area contributed by atoms with Crippen LogP contribution in [0.1, 0.15) is 50.3 Å². The van der Waals surface area contributed by atoms with Gasteiger partial charge in [0.25, 0.3) is 0 Å². The molecule has 4 aliphatic carbocycles. The van der Waals surface area contributed by atoms with Gasteiger partial charge in [0, 0.05) is 0 Å². The zero-order valence-electron chi connectivity index (χ0n) is 11.2. The second-order valence-corrected chi connectivity index (χ2v) is 7.02. The first kappa shape index (κ1) is 11.1. The quantitative estimate of drug-likeness (QED) is 0.877. The number of hydrogen-bond donors (Lipinski definition) is 1. The van der Waals surface area contributed by atoms with Crippen molar-refractivity contribution in [3.63, 3.8) is 0 Å². The van der Waals surface area contributed by atoms with Gasteiger partial charge >= 0.3 is 0 Å². The fourth-order valence-corrected chi connectivity index (χ4v) is 5.74. The van der Waals surface area contributed by atoms with Crippen LogP contribution in [0, 0.1) is 23.2 Å². The van der Waals surface area contributed by atoms with Crippen LogP contribution in [0.25, 0.3) is 0 Å². The van der Waals surface area contributed by atoms with Crippen molar-refractivity contribution in [1.29, 1.82) is 0 Å². The van der Waals surface area contributed by atoms with Crippen molar-refractivity contribution in [3.8, 4) is 0 Å². The number of nitrogens with one attached hydrogen (secondary N) is 1. The first-order valence-corrected chi connectivity index (χ1v) is 7.50. The highest BCUT2D eigenvalue weighted by Gasteiger charge is 2.54. The van der Waals surface area contributed by atoms with E-state index in [1.165, 1.54) is 38.5 Å². The van der Waals surface area contributed by atoms with Gasteiger partial charge in [-0.05, 0) is 80.9 Å². The van der Waals surface area contributed by atoms with Crippen LogP contribution in [0.2, 0.25) is 0 Å². The minimum atomic E-state index is 0.431. The zero-order chi connectivity index (χ0) is 12.2. The molecule has 1 aromatic rings. The summed E-state index contributed by atoms with van der Waals surface area (Å²) in [6.45, 7) is 0.